The lowest BCUT2D eigenvalue weighted by molar-refractivity contribution is 0.0923. The molecule has 1 amide bonds. The Hall–Kier alpha value is -2.54. The van der Waals surface area contributed by atoms with Crippen molar-refractivity contribution in [3.8, 4) is 5.75 Å². The van der Waals surface area contributed by atoms with E-state index < -0.39 is 0 Å². The second-order valence-electron chi connectivity index (χ2n) is 8.80. The molecule has 3 aromatic rings. The normalized spacial score (nSPS) is 15.5. The SMILES string of the molecule is Cc1nc2c(C(C)C)c(C(=O)N[C@H]3CCOc4ccccc43)cnn2c1CC(C)C.S. The number of fused-ring (bicyclic) bond motifs is 2. The van der Waals surface area contributed by atoms with E-state index in [1.165, 1.54) is 0 Å². The van der Waals surface area contributed by atoms with Crippen molar-refractivity contribution in [2.24, 2.45) is 5.92 Å². The topological polar surface area (TPSA) is 68.5 Å². The maximum Gasteiger partial charge on any atom is 0.253 e. The van der Waals surface area contributed by atoms with Crippen molar-refractivity contribution in [2.45, 2.75) is 59.4 Å². The van der Waals surface area contributed by atoms with Gasteiger partial charge in [0.05, 0.1) is 35.8 Å². The fourth-order valence-electron chi connectivity index (χ4n) is 4.26. The fraction of sp³-hybridized carbons (Fsp3) is 0.458. The van der Waals surface area contributed by atoms with Crippen LogP contribution in [0.15, 0.2) is 30.5 Å². The first-order valence-corrected chi connectivity index (χ1v) is 10.8. The predicted octanol–water partition coefficient (Wildman–Crippen LogP) is 4.73. The van der Waals surface area contributed by atoms with E-state index in [0.29, 0.717) is 18.1 Å². The van der Waals surface area contributed by atoms with Crippen LogP contribution in [0.5, 0.6) is 5.75 Å². The highest BCUT2D eigenvalue weighted by Crippen LogP contribution is 2.32. The Morgan fingerprint density at radius 2 is 2.00 bits per heavy atom. The highest BCUT2D eigenvalue weighted by molar-refractivity contribution is 7.59. The molecule has 0 saturated carbocycles. The predicted molar refractivity (Wildman–Crippen MR) is 127 cm³/mol. The molecule has 6 nitrogen and oxygen atoms in total. The van der Waals surface area contributed by atoms with E-state index in [1.54, 1.807) is 6.20 Å². The number of hydrogen-bond acceptors (Lipinski definition) is 4. The lowest BCUT2D eigenvalue weighted by Crippen LogP contribution is -2.33. The van der Waals surface area contributed by atoms with Crippen molar-refractivity contribution in [3.05, 3.63) is 58.5 Å². The van der Waals surface area contributed by atoms with Crippen LogP contribution in [0.3, 0.4) is 0 Å². The number of carbonyl (C=O) groups is 1. The Balaban J connectivity index is 0.00000272. The van der Waals surface area contributed by atoms with Gasteiger partial charge < -0.3 is 10.1 Å². The highest BCUT2D eigenvalue weighted by atomic mass is 32.1. The van der Waals surface area contributed by atoms with Crippen LogP contribution in [0.4, 0.5) is 0 Å². The second kappa shape index (κ2) is 9.30. The summed E-state index contributed by atoms with van der Waals surface area (Å²) in [7, 11) is 0. The van der Waals surface area contributed by atoms with E-state index in [0.717, 1.165) is 46.8 Å². The highest BCUT2D eigenvalue weighted by Gasteiger charge is 2.27. The zero-order chi connectivity index (χ0) is 21.4. The van der Waals surface area contributed by atoms with Gasteiger partial charge in [-0.3, -0.25) is 4.79 Å². The minimum Gasteiger partial charge on any atom is -0.493 e. The summed E-state index contributed by atoms with van der Waals surface area (Å²) in [6.45, 7) is 11.2. The van der Waals surface area contributed by atoms with Gasteiger partial charge in [-0.25, -0.2) is 9.50 Å². The zero-order valence-corrected chi connectivity index (χ0v) is 19.9. The van der Waals surface area contributed by atoms with Crippen LogP contribution in [0.2, 0.25) is 0 Å². The van der Waals surface area contributed by atoms with Gasteiger partial charge in [-0.05, 0) is 31.2 Å². The molecule has 0 fully saturated rings. The number of nitrogens with one attached hydrogen (secondary N) is 1. The van der Waals surface area contributed by atoms with Gasteiger partial charge in [0.2, 0.25) is 0 Å². The first kappa shape index (κ1) is 23.1. The summed E-state index contributed by atoms with van der Waals surface area (Å²) in [6, 6.07) is 7.82. The molecule has 1 aliphatic heterocycles. The van der Waals surface area contributed by atoms with Gasteiger partial charge in [0.1, 0.15) is 5.75 Å². The van der Waals surface area contributed by atoms with Crippen LogP contribution < -0.4 is 10.1 Å². The van der Waals surface area contributed by atoms with Gasteiger partial charge in [0.25, 0.3) is 5.91 Å². The van der Waals surface area contributed by atoms with E-state index >= 15 is 0 Å². The molecule has 166 valence electrons. The lowest BCUT2D eigenvalue weighted by Gasteiger charge is -2.27. The van der Waals surface area contributed by atoms with Crippen molar-refractivity contribution in [3.63, 3.8) is 0 Å². The third-order valence-electron chi connectivity index (χ3n) is 5.67. The van der Waals surface area contributed by atoms with Crippen molar-refractivity contribution in [1.82, 2.24) is 19.9 Å². The van der Waals surface area contributed by atoms with E-state index in [2.05, 4.69) is 38.1 Å². The number of hydrogen-bond donors (Lipinski definition) is 1. The van der Waals surface area contributed by atoms with Crippen LogP contribution in [-0.2, 0) is 6.42 Å². The Morgan fingerprint density at radius 3 is 2.71 bits per heavy atom. The number of imidazole rings is 1. The first-order valence-electron chi connectivity index (χ1n) is 10.8. The summed E-state index contributed by atoms with van der Waals surface area (Å²) < 4.78 is 7.65. The number of para-hydroxylation sites is 1. The van der Waals surface area contributed by atoms with E-state index in [-0.39, 0.29) is 31.4 Å². The summed E-state index contributed by atoms with van der Waals surface area (Å²) in [5, 5.41) is 7.83. The number of benzene rings is 1. The minimum absolute atomic E-state index is 0. The molecule has 3 heterocycles. The van der Waals surface area contributed by atoms with Gasteiger partial charge in [-0.2, -0.15) is 18.6 Å². The summed E-state index contributed by atoms with van der Waals surface area (Å²) >= 11 is 0. The summed E-state index contributed by atoms with van der Waals surface area (Å²) in [4.78, 5) is 18.1. The Kier molecular flexibility index (Phi) is 6.94. The molecule has 1 aliphatic rings. The Morgan fingerprint density at radius 1 is 1.26 bits per heavy atom. The number of nitrogens with zero attached hydrogens (tertiary/aromatic N) is 3. The van der Waals surface area contributed by atoms with Crippen molar-refractivity contribution in [2.75, 3.05) is 6.61 Å². The van der Waals surface area contributed by atoms with Crippen LogP contribution >= 0.6 is 13.5 Å². The number of carbonyl (C=O) groups excluding carboxylic acids is 1. The molecule has 1 N–H and O–H groups in total. The van der Waals surface area contributed by atoms with Gasteiger partial charge >= 0.3 is 0 Å². The van der Waals surface area contributed by atoms with Crippen LogP contribution in [-0.4, -0.2) is 27.1 Å². The smallest absolute Gasteiger partial charge is 0.253 e. The molecule has 0 aliphatic carbocycles. The Labute approximate surface area is 190 Å². The molecule has 4 rings (SSSR count). The molecule has 0 bridgehead atoms. The van der Waals surface area contributed by atoms with E-state index in [1.807, 2.05) is 35.7 Å². The third-order valence-corrected chi connectivity index (χ3v) is 5.67. The maximum atomic E-state index is 13.3. The van der Waals surface area contributed by atoms with Gasteiger partial charge in [-0.1, -0.05) is 45.9 Å². The molecule has 1 aromatic carbocycles. The third kappa shape index (κ3) is 4.42. The van der Waals surface area contributed by atoms with Gasteiger partial charge in [-0.15, -0.1) is 0 Å². The first-order chi connectivity index (χ1) is 14.4. The monoisotopic (exact) mass is 440 g/mol. The number of amides is 1. The van der Waals surface area contributed by atoms with Gasteiger partial charge in [0.15, 0.2) is 5.65 Å². The number of aryl methyl sites for hydroxylation is 1. The maximum absolute atomic E-state index is 13.3. The van der Waals surface area contributed by atoms with Crippen LogP contribution in [0.1, 0.15) is 78.9 Å². The average Bonchev–Trinajstić information content (AvgIpc) is 3.02. The number of rotatable bonds is 5. The summed E-state index contributed by atoms with van der Waals surface area (Å²) in [6.07, 6.45) is 3.35. The van der Waals surface area contributed by atoms with Crippen molar-refractivity contribution < 1.29 is 9.53 Å². The molecule has 1 atom stereocenters. The minimum atomic E-state index is -0.110. The molecule has 0 radical (unpaired) electrons. The lowest BCUT2D eigenvalue weighted by atomic mass is 9.97. The van der Waals surface area contributed by atoms with Crippen molar-refractivity contribution in [1.29, 1.82) is 0 Å². The molecular formula is C24H32N4O2S. The van der Waals surface area contributed by atoms with Crippen LogP contribution in [0.25, 0.3) is 5.65 Å². The quantitative estimate of drug-likeness (QED) is 0.623. The standard InChI is InChI=1S/C24H30N4O2.H2S/c1-14(2)12-20-16(5)26-23-22(15(3)4)18(13-25-28(20)23)24(29)27-19-10-11-30-21-9-7-6-8-17(19)21;/h6-9,13-15,19H,10-12H2,1-5H3,(H,27,29);1H2/t19-;/m0./s1. The summed E-state index contributed by atoms with van der Waals surface area (Å²) in [5.41, 5.74) is 5.45. The molecule has 31 heavy (non-hydrogen) atoms. The van der Waals surface area contributed by atoms with E-state index in [4.69, 9.17) is 9.72 Å². The zero-order valence-electron chi connectivity index (χ0n) is 18.9. The molecule has 0 saturated heterocycles. The average molecular weight is 441 g/mol. The van der Waals surface area contributed by atoms with Crippen LogP contribution in [0, 0.1) is 12.8 Å². The number of aromatic nitrogens is 3. The van der Waals surface area contributed by atoms with Gasteiger partial charge in [0, 0.05) is 17.5 Å². The molecule has 0 spiro atoms. The molecule has 7 heteroatoms. The Bertz CT molecular complexity index is 1090. The molecule has 0 unspecified atom stereocenters. The summed E-state index contributed by atoms with van der Waals surface area (Å²) in [5.74, 6) is 1.38. The van der Waals surface area contributed by atoms with E-state index in [9.17, 15) is 4.79 Å². The molecular weight excluding hydrogens is 408 g/mol. The largest absolute Gasteiger partial charge is 0.493 e. The fourth-order valence-corrected chi connectivity index (χ4v) is 4.26. The second-order valence-corrected chi connectivity index (χ2v) is 8.80. The molecule has 2 aromatic heterocycles. The van der Waals surface area contributed by atoms with Crippen molar-refractivity contribution >= 4 is 25.1 Å². The number of ether oxygens (including phenoxy) is 1.